The Labute approximate surface area is 204 Å². The van der Waals surface area contributed by atoms with E-state index in [1.54, 1.807) is 19.4 Å². The molecular weight excluding hydrogens is 440 g/mol. The van der Waals surface area contributed by atoms with Crippen LogP contribution in [0.3, 0.4) is 0 Å². The van der Waals surface area contributed by atoms with Crippen LogP contribution in [-0.2, 0) is 11.2 Å². The van der Waals surface area contributed by atoms with Gasteiger partial charge in [0.2, 0.25) is 5.91 Å². The van der Waals surface area contributed by atoms with Gasteiger partial charge in [-0.2, -0.15) is 0 Å². The van der Waals surface area contributed by atoms with E-state index in [2.05, 4.69) is 11.1 Å². The molecule has 4 aromatic rings. The van der Waals surface area contributed by atoms with Crippen molar-refractivity contribution in [2.75, 3.05) is 13.7 Å². The van der Waals surface area contributed by atoms with E-state index in [0.29, 0.717) is 24.2 Å². The number of aryl methyl sites for hydroxylation is 1. The average Bonchev–Trinajstić information content (AvgIpc) is 2.91. The van der Waals surface area contributed by atoms with Crippen molar-refractivity contribution in [2.45, 2.75) is 38.1 Å². The Morgan fingerprint density at radius 3 is 2.74 bits per heavy atom. The molecule has 35 heavy (non-hydrogen) atoms. The summed E-state index contributed by atoms with van der Waals surface area (Å²) in [6.07, 6.45) is 7.60. The van der Waals surface area contributed by atoms with Gasteiger partial charge in [-0.25, -0.2) is 4.79 Å². The molecule has 1 unspecified atom stereocenters. The van der Waals surface area contributed by atoms with Gasteiger partial charge in [0.1, 0.15) is 11.3 Å². The van der Waals surface area contributed by atoms with E-state index in [9.17, 15) is 9.59 Å². The lowest BCUT2D eigenvalue weighted by Crippen LogP contribution is -2.38. The Morgan fingerprint density at radius 1 is 1.11 bits per heavy atom. The molecule has 6 nitrogen and oxygen atoms in total. The molecule has 0 N–H and O–H groups in total. The fourth-order valence-electron chi connectivity index (χ4n) is 5.01. The van der Waals surface area contributed by atoms with Crippen LogP contribution in [0.15, 0.2) is 82.3 Å². The van der Waals surface area contributed by atoms with Crippen molar-refractivity contribution in [1.29, 1.82) is 0 Å². The number of piperidine rings is 1. The zero-order chi connectivity index (χ0) is 24.2. The molecule has 6 heteroatoms. The van der Waals surface area contributed by atoms with Crippen molar-refractivity contribution < 1.29 is 13.9 Å². The molecule has 1 amide bonds. The highest BCUT2D eigenvalue weighted by molar-refractivity contribution is 5.94. The molecule has 5 rings (SSSR count). The van der Waals surface area contributed by atoms with Crippen LogP contribution in [0.25, 0.3) is 22.1 Å². The van der Waals surface area contributed by atoms with Crippen LogP contribution in [0.4, 0.5) is 0 Å². The SMILES string of the molecule is COc1cc2oc(=O)cc(-c3ccccc3)c2cc1CCC(=O)N1CCCCC1c1cccnc1. The normalized spacial score (nSPS) is 15.8. The summed E-state index contributed by atoms with van der Waals surface area (Å²) in [7, 11) is 1.59. The van der Waals surface area contributed by atoms with Gasteiger partial charge in [-0.15, -0.1) is 0 Å². The van der Waals surface area contributed by atoms with Crippen LogP contribution >= 0.6 is 0 Å². The fourth-order valence-corrected chi connectivity index (χ4v) is 5.01. The number of methoxy groups -OCH3 is 1. The highest BCUT2D eigenvalue weighted by atomic mass is 16.5. The molecule has 1 aliphatic rings. The average molecular weight is 469 g/mol. The van der Waals surface area contributed by atoms with E-state index in [1.807, 2.05) is 53.6 Å². The minimum absolute atomic E-state index is 0.0717. The monoisotopic (exact) mass is 468 g/mol. The lowest BCUT2D eigenvalue weighted by Gasteiger charge is -2.36. The topological polar surface area (TPSA) is 72.6 Å². The highest BCUT2D eigenvalue weighted by Crippen LogP contribution is 2.34. The van der Waals surface area contributed by atoms with Crippen molar-refractivity contribution in [3.63, 3.8) is 0 Å². The first-order valence-electron chi connectivity index (χ1n) is 12.0. The Hall–Kier alpha value is -3.93. The minimum atomic E-state index is -0.409. The van der Waals surface area contributed by atoms with Gasteiger partial charge in [-0.1, -0.05) is 36.4 Å². The van der Waals surface area contributed by atoms with Crippen molar-refractivity contribution in [2.24, 2.45) is 0 Å². The molecule has 1 saturated heterocycles. The summed E-state index contributed by atoms with van der Waals surface area (Å²) in [6.45, 7) is 0.760. The number of pyridine rings is 1. The lowest BCUT2D eigenvalue weighted by atomic mass is 9.95. The van der Waals surface area contributed by atoms with Crippen LogP contribution < -0.4 is 10.4 Å². The number of hydrogen-bond acceptors (Lipinski definition) is 5. The van der Waals surface area contributed by atoms with E-state index in [4.69, 9.17) is 9.15 Å². The molecular formula is C29H28N2O4. The van der Waals surface area contributed by atoms with E-state index >= 15 is 0 Å². The van der Waals surface area contributed by atoms with Gasteiger partial charge >= 0.3 is 5.63 Å². The third kappa shape index (κ3) is 4.83. The van der Waals surface area contributed by atoms with Gasteiger partial charge in [0.15, 0.2) is 0 Å². The van der Waals surface area contributed by atoms with Crippen LogP contribution in [0, 0.1) is 0 Å². The molecule has 3 heterocycles. The largest absolute Gasteiger partial charge is 0.496 e. The maximum absolute atomic E-state index is 13.4. The molecule has 0 radical (unpaired) electrons. The summed E-state index contributed by atoms with van der Waals surface area (Å²) >= 11 is 0. The molecule has 0 saturated carbocycles. The van der Waals surface area contributed by atoms with E-state index < -0.39 is 5.63 Å². The second kappa shape index (κ2) is 10.1. The lowest BCUT2D eigenvalue weighted by molar-refractivity contribution is -0.135. The number of ether oxygens (including phenoxy) is 1. The van der Waals surface area contributed by atoms with E-state index in [1.165, 1.54) is 6.07 Å². The van der Waals surface area contributed by atoms with Crippen molar-refractivity contribution in [3.8, 4) is 16.9 Å². The zero-order valence-corrected chi connectivity index (χ0v) is 19.8. The van der Waals surface area contributed by atoms with Gasteiger partial charge in [-0.05, 0) is 60.1 Å². The molecule has 0 bridgehead atoms. The number of amides is 1. The standard InChI is InChI=1S/C29H28N2O4/c1-34-26-18-27-24(23(17-29(33)35-27)20-8-3-2-4-9-20)16-21(26)12-13-28(32)31-15-6-5-11-25(31)22-10-7-14-30-19-22/h2-4,7-10,14,16-19,25H,5-6,11-13,15H2,1H3. The highest BCUT2D eigenvalue weighted by Gasteiger charge is 2.28. The maximum Gasteiger partial charge on any atom is 0.336 e. The number of carbonyl (C=O) groups is 1. The first-order chi connectivity index (χ1) is 17.1. The third-order valence-corrected chi connectivity index (χ3v) is 6.73. The molecule has 2 aromatic heterocycles. The Kier molecular flexibility index (Phi) is 6.62. The van der Waals surface area contributed by atoms with Gasteiger partial charge in [-0.3, -0.25) is 9.78 Å². The van der Waals surface area contributed by atoms with E-state index in [0.717, 1.165) is 53.4 Å². The molecule has 0 spiro atoms. The molecule has 178 valence electrons. The summed E-state index contributed by atoms with van der Waals surface area (Å²) in [5, 5.41) is 0.824. The summed E-state index contributed by atoms with van der Waals surface area (Å²) in [4.78, 5) is 31.8. The number of hydrogen-bond donors (Lipinski definition) is 0. The molecule has 0 aliphatic carbocycles. The van der Waals surface area contributed by atoms with Crippen LogP contribution in [0.2, 0.25) is 0 Å². The van der Waals surface area contributed by atoms with Gasteiger partial charge in [0.05, 0.1) is 13.2 Å². The molecule has 1 atom stereocenters. The molecule has 2 aromatic carbocycles. The number of nitrogens with zero attached hydrogens (tertiary/aromatic N) is 2. The van der Waals surface area contributed by atoms with Crippen LogP contribution in [0.5, 0.6) is 5.75 Å². The first kappa shape index (κ1) is 22.8. The number of carbonyl (C=O) groups excluding carboxylic acids is 1. The van der Waals surface area contributed by atoms with Gasteiger partial charge in [0.25, 0.3) is 0 Å². The Bertz CT molecular complexity index is 1380. The second-order valence-corrected chi connectivity index (χ2v) is 8.89. The molecule has 1 fully saturated rings. The quantitative estimate of drug-likeness (QED) is 0.347. The van der Waals surface area contributed by atoms with Crippen molar-refractivity contribution in [3.05, 3.63) is 94.6 Å². The predicted octanol–water partition coefficient (Wildman–Crippen LogP) is 5.55. The van der Waals surface area contributed by atoms with Crippen molar-refractivity contribution >= 4 is 16.9 Å². The smallest absolute Gasteiger partial charge is 0.336 e. The molecule has 1 aliphatic heterocycles. The van der Waals surface area contributed by atoms with Gasteiger partial charge < -0.3 is 14.1 Å². The minimum Gasteiger partial charge on any atom is -0.496 e. The number of likely N-dealkylation sites (tertiary alicyclic amines) is 1. The first-order valence-corrected chi connectivity index (χ1v) is 12.0. The second-order valence-electron chi connectivity index (χ2n) is 8.89. The summed E-state index contributed by atoms with van der Waals surface area (Å²) in [5.74, 6) is 0.740. The number of aromatic nitrogens is 1. The maximum atomic E-state index is 13.4. The zero-order valence-electron chi connectivity index (χ0n) is 19.8. The number of rotatable bonds is 6. The van der Waals surface area contributed by atoms with Crippen LogP contribution in [0.1, 0.15) is 42.9 Å². The summed E-state index contributed by atoms with van der Waals surface area (Å²) in [6, 6.07) is 19.1. The number of benzene rings is 2. The number of fused-ring (bicyclic) bond motifs is 1. The van der Waals surface area contributed by atoms with Crippen molar-refractivity contribution in [1.82, 2.24) is 9.88 Å². The van der Waals surface area contributed by atoms with Crippen LogP contribution in [-0.4, -0.2) is 29.4 Å². The van der Waals surface area contributed by atoms with Gasteiger partial charge in [0, 0.05) is 42.9 Å². The summed E-state index contributed by atoms with van der Waals surface area (Å²) < 4.78 is 11.1. The Balaban J connectivity index is 1.44. The summed E-state index contributed by atoms with van der Waals surface area (Å²) in [5.41, 5.74) is 3.80. The Morgan fingerprint density at radius 2 is 1.97 bits per heavy atom. The van der Waals surface area contributed by atoms with E-state index in [-0.39, 0.29) is 11.9 Å². The third-order valence-electron chi connectivity index (χ3n) is 6.73. The fraction of sp³-hybridized carbons (Fsp3) is 0.276. The predicted molar refractivity (Wildman–Crippen MR) is 135 cm³/mol.